The molecule has 1 atom stereocenters. The Balaban J connectivity index is 1.79. The first kappa shape index (κ1) is 15.5. The number of nitrogens with zero attached hydrogens (tertiary/aromatic N) is 1. The zero-order valence-electron chi connectivity index (χ0n) is 13.7. The third-order valence-electron chi connectivity index (χ3n) is 3.98. The van der Waals surface area contributed by atoms with E-state index in [4.69, 9.17) is 4.74 Å². The van der Waals surface area contributed by atoms with Crippen molar-refractivity contribution in [1.29, 1.82) is 0 Å². The van der Waals surface area contributed by atoms with Gasteiger partial charge in [0.25, 0.3) is 0 Å². The van der Waals surface area contributed by atoms with Crippen molar-refractivity contribution >= 4 is 22.8 Å². The van der Waals surface area contributed by atoms with Crippen LogP contribution in [0.25, 0.3) is 10.8 Å². The van der Waals surface area contributed by atoms with Crippen molar-refractivity contribution < 1.29 is 14.3 Å². The van der Waals surface area contributed by atoms with Gasteiger partial charge >= 0.3 is 6.09 Å². The highest BCUT2D eigenvalue weighted by Crippen LogP contribution is 2.31. The first-order chi connectivity index (χ1) is 10.8. The van der Waals surface area contributed by atoms with E-state index in [9.17, 15) is 9.59 Å². The molecule has 0 N–H and O–H groups in total. The molecule has 4 heteroatoms. The van der Waals surface area contributed by atoms with Gasteiger partial charge in [-0.2, -0.15) is 0 Å². The maximum atomic E-state index is 12.2. The number of carbonyl (C=O) groups excluding carboxylic acids is 2. The van der Waals surface area contributed by atoms with Crippen molar-refractivity contribution in [2.24, 2.45) is 0 Å². The molecule has 120 valence electrons. The maximum Gasteiger partial charge on any atom is 0.417 e. The van der Waals surface area contributed by atoms with E-state index in [0.29, 0.717) is 13.0 Å². The second-order valence-corrected chi connectivity index (χ2v) is 6.99. The average Bonchev–Trinajstić information content (AvgIpc) is 2.87. The number of amides is 2. The molecule has 0 aromatic heterocycles. The minimum Gasteiger partial charge on any atom is -0.443 e. The lowest BCUT2D eigenvalue weighted by molar-refractivity contribution is -0.126. The number of ether oxygens (including phenoxy) is 1. The molecule has 23 heavy (non-hydrogen) atoms. The predicted molar refractivity (Wildman–Crippen MR) is 89.3 cm³/mol. The predicted octanol–water partition coefficient (Wildman–Crippen LogP) is 4.09. The number of carbonyl (C=O) groups is 2. The first-order valence-corrected chi connectivity index (χ1v) is 7.85. The Morgan fingerprint density at radius 2 is 1.83 bits per heavy atom. The fourth-order valence-corrected chi connectivity index (χ4v) is 2.89. The molecule has 1 unspecified atom stereocenters. The van der Waals surface area contributed by atoms with Crippen LogP contribution in [0.5, 0.6) is 0 Å². The Bertz CT molecular complexity index is 761. The molecule has 0 radical (unpaired) electrons. The quantitative estimate of drug-likeness (QED) is 0.797. The van der Waals surface area contributed by atoms with Gasteiger partial charge in [-0.3, -0.25) is 4.79 Å². The van der Waals surface area contributed by atoms with Gasteiger partial charge in [-0.1, -0.05) is 42.5 Å². The van der Waals surface area contributed by atoms with E-state index in [1.807, 2.05) is 18.2 Å². The Morgan fingerprint density at radius 1 is 1.13 bits per heavy atom. The molecule has 1 aliphatic rings. The van der Waals surface area contributed by atoms with E-state index < -0.39 is 11.7 Å². The van der Waals surface area contributed by atoms with Gasteiger partial charge in [0.2, 0.25) is 5.91 Å². The lowest BCUT2D eigenvalue weighted by atomic mass is 9.95. The monoisotopic (exact) mass is 311 g/mol. The lowest BCUT2D eigenvalue weighted by Crippen LogP contribution is -2.37. The first-order valence-electron chi connectivity index (χ1n) is 7.85. The fourth-order valence-electron chi connectivity index (χ4n) is 2.89. The molecule has 1 heterocycles. The Hall–Kier alpha value is -2.36. The molecular formula is C19H21NO3. The normalized spacial score (nSPS) is 18.5. The topological polar surface area (TPSA) is 46.6 Å². The summed E-state index contributed by atoms with van der Waals surface area (Å²) < 4.78 is 5.31. The van der Waals surface area contributed by atoms with Gasteiger partial charge in [0.15, 0.2) is 0 Å². The van der Waals surface area contributed by atoms with E-state index in [-0.39, 0.29) is 11.8 Å². The van der Waals surface area contributed by atoms with Gasteiger partial charge in [-0.25, -0.2) is 9.69 Å². The summed E-state index contributed by atoms with van der Waals surface area (Å²) >= 11 is 0. The molecule has 2 aromatic rings. The van der Waals surface area contributed by atoms with Crippen LogP contribution < -0.4 is 0 Å². The van der Waals surface area contributed by atoms with E-state index >= 15 is 0 Å². The van der Waals surface area contributed by atoms with Crippen molar-refractivity contribution in [3.8, 4) is 0 Å². The van der Waals surface area contributed by atoms with Gasteiger partial charge < -0.3 is 4.74 Å². The molecule has 2 amide bonds. The summed E-state index contributed by atoms with van der Waals surface area (Å²) in [5.41, 5.74) is 0.487. The number of benzene rings is 2. The van der Waals surface area contributed by atoms with E-state index in [1.165, 1.54) is 10.3 Å². The van der Waals surface area contributed by atoms with Crippen LogP contribution >= 0.6 is 0 Å². The van der Waals surface area contributed by atoms with Gasteiger partial charge in [0, 0.05) is 18.9 Å². The molecule has 0 bridgehead atoms. The lowest BCUT2D eigenvalue weighted by Gasteiger charge is -2.23. The van der Waals surface area contributed by atoms with Crippen molar-refractivity contribution in [3.05, 3.63) is 48.0 Å². The molecule has 1 fully saturated rings. The van der Waals surface area contributed by atoms with Crippen molar-refractivity contribution in [2.45, 2.75) is 38.7 Å². The maximum absolute atomic E-state index is 12.2. The Kier molecular flexibility index (Phi) is 3.84. The minimum absolute atomic E-state index is 0.0274. The summed E-state index contributed by atoms with van der Waals surface area (Å²) in [6, 6.07) is 14.3. The highest BCUT2D eigenvalue weighted by molar-refractivity contribution is 5.94. The second-order valence-electron chi connectivity index (χ2n) is 6.99. The van der Waals surface area contributed by atoms with Crippen molar-refractivity contribution in [1.82, 2.24) is 4.90 Å². The summed E-state index contributed by atoms with van der Waals surface area (Å²) in [5, 5.41) is 2.32. The molecule has 0 aliphatic carbocycles. The van der Waals surface area contributed by atoms with E-state index in [0.717, 1.165) is 10.9 Å². The smallest absolute Gasteiger partial charge is 0.417 e. The summed E-state index contributed by atoms with van der Waals surface area (Å²) in [5.74, 6) is -0.142. The zero-order chi connectivity index (χ0) is 16.6. The SMILES string of the molecule is CC(C)(C)OC(=O)N1CC(c2ccc3ccccc3c2)CC1=O. The average molecular weight is 311 g/mol. The van der Waals surface area contributed by atoms with Crippen LogP contribution in [0.3, 0.4) is 0 Å². The number of fused-ring (bicyclic) bond motifs is 1. The highest BCUT2D eigenvalue weighted by Gasteiger charge is 2.37. The number of likely N-dealkylation sites (tertiary alicyclic amines) is 1. The number of hydrogen-bond donors (Lipinski definition) is 0. The van der Waals surface area contributed by atoms with E-state index in [1.54, 1.807) is 20.8 Å². The Labute approximate surface area is 136 Å². The van der Waals surface area contributed by atoms with Gasteiger partial charge in [0.1, 0.15) is 5.60 Å². The molecule has 0 spiro atoms. The van der Waals surface area contributed by atoms with E-state index in [2.05, 4.69) is 24.3 Å². The number of hydrogen-bond acceptors (Lipinski definition) is 3. The van der Waals surface area contributed by atoms with Crippen LogP contribution in [-0.2, 0) is 9.53 Å². The minimum atomic E-state index is -0.599. The highest BCUT2D eigenvalue weighted by atomic mass is 16.6. The third kappa shape index (κ3) is 3.36. The standard InChI is InChI=1S/C19H21NO3/c1-19(2,3)23-18(22)20-12-16(11-17(20)21)15-9-8-13-6-4-5-7-14(13)10-15/h4-10,16H,11-12H2,1-3H3. The number of imide groups is 1. The summed E-state index contributed by atoms with van der Waals surface area (Å²) in [6.07, 6.45) is -0.205. The molecule has 1 saturated heterocycles. The number of rotatable bonds is 1. The largest absolute Gasteiger partial charge is 0.443 e. The molecule has 1 aliphatic heterocycles. The summed E-state index contributed by atoms with van der Waals surface area (Å²) in [4.78, 5) is 25.5. The molecule has 4 nitrogen and oxygen atoms in total. The van der Waals surface area contributed by atoms with Gasteiger partial charge in [0.05, 0.1) is 0 Å². The van der Waals surface area contributed by atoms with Crippen LogP contribution in [0, 0.1) is 0 Å². The molecule has 0 saturated carbocycles. The zero-order valence-corrected chi connectivity index (χ0v) is 13.7. The van der Waals surface area contributed by atoms with Crippen molar-refractivity contribution in [2.75, 3.05) is 6.54 Å². The van der Waals surface area contributed by atoms with Crippen LogP contribution in [0.15, 0.2) is 42.5 Å². The van der Waals surface area contributed by atoms with Gasteiger partial charge in [-0.15, -0.1) is 0 Å². The van der Waals surface area contributed by atoms with Crippen LogP contribution in [0.1, 0.15) is 38.7 Å². The third-order valence-corrected chi connectivity index (χ3v) is 3.98. The van der Waals surface area contributed by atoms with Gasteiger partial charge in [-0.05, 0) is 37.1 Å². The van der Waals surface area contributed by atoms with Crippen LogP contribution in [0.2, 0.25) is 0 Å². The summed E-state index contributed by atoms with van der Waals surface area (Å²) in [6.45, 7) is 5.77. The van der Waals surface area contributed by atoms with Crippen LogP contribution in [0.4, 0.5) is 4.79 Å². The van der Waals surface area contributed by atoms with Crippen molar-refractivity contribution in [3.63, 3.8) is 0 Å². The van der Waals surface area contributed by atoms with Crippen LogP contribution in [-0.4, -0.2) is 29.0 Å². The second kappa shape index (κ2) is 5.69. The Morgan fingerprint density at radius 3 is 2.52 bits per heavy atom. The molecule has 2 aromatic carbocycles. The fraction of sp³-hybridized carbons (Fsp3) is 0.368. The molecular weight excluding hydrogens is 290 g/mol. The molecule has 3 rings (SSSR count). The summed E-state index contributed by atoms with van der Waals surface area (Å²) in [7, 11) is 0.